The number of rotatable bonds is 5. The number of halogens is 1. The maximum Gasteiger partial charge on any atom is 0.255 e. The van der Waals surface area contributed by atoms with Crippen LogP contribution in [-0.4, -0.2) is 23.8 Å². The van der Waals surface area contributed by atoms with Gasteiger partial charge in [0.1, 0.15) is 11.6 Å². The lowest BCUT2D eigenvalue weighted by Gasteiger charge is -2.37. The molecule has 5 rings (SSSR count). The Morgan fingerprint density at radius 3 is 2.38 bits per heavy atom. The standard InChI is InChI=1S/C30H28ClN3O3/c1-17-5-4-6-26(32-17)34-30(36)27-18(2)33-24-15-21(19-9-13-23(37-3)14-10-19)16-25(35)29(24)28(27)20-7-11-22(31)12-8-20/h4-14,21,28,33H,15-16H2,1-3H3,(H,32,34,36). The Bertz CT molecular complexity index is 1430. The highest BCUT2D eigenvalue weighted by atomic mass is 35.5. The Morgan fingerprint density at radius 1 is 1.00 bits per heavy atom. The van der Waals surface area contributed by atoms with E-state index in [4.69, 9.17) is 16.3 Å². The second-order valence-corrected chi connectivity index (χ2v) is 9.90. The number of carbonyl (C=O) groups excluding carboxylic acids is 2. The van der Waals surface area contributed by atoms with Gasteiger partial charge in [0.2, 0.25) is 0 Å². The number of allylic oxidation sites excluding steroid dienone is 3. The summed E-state index contributed by atoms with van der Waals surface area (Å²) in [6, 6.07) is 20.7. The van der Waals surface area contributed by atoms with Crippen molar-refractivity contribution >= 4 is 29.1 Å². The molecule has 0 radical (unpaired) electrons. The lowest BCUT2D eigenvalue weighted by Crippen LogP contribution is -2.37. The fourth-order valence-corrected chi connectivity index (χ4v) is 5.36. The molecule has 6 nitrogen and oxygen atoms in total. The molecule has 1 aliphatic heterocycles. The van der Waals surface area contributed by atoms with E-state index in [-0.39, 0.29) is 17.6 Å². The number of methoxy groups -OCH3 is 1. The first-order valence-corrected chi connectivity index (χ1v) is 12.6. The quantitative estimate of drug-likeness (QED) is 0.434. The molecule has 37 heavy (non-hydrogen) atoms. The number of anilines is 1. The maximum atomic E-state index is 13.7. The third kappa shape index (κ3) is 5.02. The number of amides is 1. The number of ether oxygens (including phenoxy) is 1. The molecule has 0 bridgehead atoms. The average molecular weight is 514 g/mol. The van der Waals surface area contributed by atoms with Crippen LogP contribution in [0.2, 0.25) is 5.02 Å². The lowest BCUT2D eigenvalue weighted by atomic mass is 9.71. The first-order chi connectivity index (χ1) is 17.8. The fourth-order valence-electron chi connectivity index (χ4n) is 5.24. The van der Waals surface area contributed by atoms with Gasteiger partial charge in [-0.25, -0.2) is 4.98 Å². The third-order valence-electron chi connectivity index (χ3n) is 6.99. The van der Waals surface area contributed by atoms with Crippen molar-refractivity contribution in [3.63, 3.8) is 0 Å². The van der Waals surface area contributed by atoms with Gasteiger partial charge in [0.25, 0.3) is 5.91 Å². The van der Waals surface area contributed by atoms with Gasteiger partial charge in [0.05, 0.1) is 7.11 Å². The van der Waals surface area contributed by atoms with Crippen LogP contribution < -0.4 is 15.4 Å². The number of ketones is 1. The highest BCUT2D eigenvalue weighted by Crippen LogP contribution is 2.46. The number of pyridine rings is 1. The molecule has 0 saturated heterocycles. The van der Waals surface area contributed by atoms with Crippen molar-refractivity contribution in [1.82, 2.24) is 10.3 Å². The lowest BCUT2D eigenvalue weighted by molar-refractivity contribution is -0.116. The molecule has 2 heterocycles. The summed E-state index contributed by atoms with van der Waals surface area (Å²) in [5.41, 5.74) is 5.45. The van der Waals surface area contributed by atoms with Crippen LogP contribution >= 0.6 is 11.6 Å². The SMILES string of the molecule is COc1ccc(C2CC(=O)C3=C(C2)NC(C)=C(C(=O)Nc2cccc(C)n2)C3c2ccc(Cl)cc2)cc1. The highest BCUT2D eigenvalue weighted by Gasteiger charge is 2.41. The Labute approximate surface area is 221 Å². The van der Waals surface area contributed by atoms with Gasteiger partial charge in [0.15, 0.2) is 5.78 Å². The fraction of sp³-hybridized carbons (Fsp3) is 0.233. The molecule has 1 aliphatic carbocycles. The van der Waals surface area contributed by atoms with Crippen molar-refractivity contribution in [2.75, 3.05) is 12.4 Å². The minimum absolute atomic E-state index is 0.0287. The molecule has 7 heteroatoms. The summed E-state index contributed by atoms with van der Waals surface area (Å²) >= 11 is 6.18. The summed E-state index contributed by atoms with van der Waals surface area (Å²) in [6.07, 6.45) is 1.04. The monoisotopic (exact) mass is 513 g/mol. The normalized spacial score (nSPS) is 19.3. The van der Waals surface area contributed by atoms with E-state index in [9.17, 15) is 9.59 Å². The van der Waals surface area contributed by atoms with Crippen LogP contribution in [0, 0.1) is 6.92 Å². The van der Waals surface area contributed by atoms with Gasteiger partial charge in [0, 0.05) is 45.6 Å². The van der Waals surface area contributed by atoms with Crippen molar-refractivity contribution in [3.8, 4) is 5.75 Å². The summed E-state index contributed by atoms with van der Waals surface area (Å²) in [6.45, 7) is 3.75. The van der Waals surface area contributed by atoms with E-state index in [1.165, 1.54) is 0 Å². The van der Waals surface area contributed by atoms with E-state index < -0.39 is 5.92 Å². The van der Waals surface area contributed by atoms with Crippen LogP contribution in [0.4, 0.5) is 5.82 Å². The molecule has 0 spiro atoms. The molecule has 1 amide bonds. The first-order valence-electron chi connectivity index (χ1n) is 12.2. The summed E-state index contributed by atoms with van der Waals surface area (Å²) in [5.74, 6) is 0.509. The van der Waals surface area contributed by atoms with Crippen LogP contribution in [-0.2, 0) is 9.59 Å². The van der Waals surface area contributed by atoms with Crippen molar-refractivity contribution in [3.05, 3.63) is 111 Å². The zero-order chi connectivity index (χ0) is 26.1. The maximum absolute atomic E-state index is 13.7. The largest absolute Gasteiger partial charge is 0.497 e. The zero-order valence-corrected chi connectivity index (χ0v) is 21.7. The van der Waals surface area contributed by atoms with Gasteiger partial charge < -0.3 is 15.4 Å². The molecule has 2 aromatic carbocycles. The molecule has 188 valence electrons. The molecular formula is C30H28ClN3O3. The zero-order valence-electron chi connectivity index (χ0n) is 21.0. The molecule has 1 aromatic heterocycles. The number of aromatic nitrogens is 1. The van der Waals surface area contributed by atoms with Crippen LogP contribution in [0.3, 0.4) is 0 Å². The van der Waals surface area contributed by atoms with E-state index in [1.54, 1.807) is 25.3 Å². The summed E-state index contributed by atoms with van der Waals surface area (Å²) in [7, 11) is 1.64. The van der Waals surface area contributed by atoms with E-state index in [1.807, 2.05) is 62.4 Å². The van der Waals surface area contributed by atoms with Crippen LogP contribution in [0.1, 0.15) is 48.4 Å². The predicted molar refractivity (Wildman–Crippen MR) is 145 cm³/mol. The third-order valence-corrected chi connectivity index (χ3v) is 7.24. The van der Waals surface area contributed by atoms with Crippen molar-refractivity contribution in [2.24, 2.45) is 0 Å². The summed E-state index contributed by atoms with van der Waals surface area (Å²) in [4.78, 5) is 31.8. The topological polar surface area (TPSA) is 80.3 Å². The summed E-state index contributed by atoms with van der Waals surface area (Å²) < 4.78 is 5.29. The van der Waals surface area contributed by atoms with Gasteiger partial charge in [-0.1, -0.05) is 41.9 Å². The molecule has 0 saturated carbocycles. The number of carbonyl (C=O) groups is 2. The Kier molecular flexibility index (Phi) is 6.85. The minimum atomic E-state index is -0.511. The molecule has 3 aromatic rings. The van der Waals surface area contributed by atoms with Gasteiger partial charge in [-0.2, -0.15) is 0 Å². The second-order valence-electron chi connectivity index (χ2n) is 9.46. The van der Waals surface area contributed by atoms with Crippen LogP contribution in [0.25, 0.3) is 0 Å². The average Bonchev–Trinajstić information content (AvgIpc) is 2.88. The molecular weight excluding hydrogens is 486 g/mol. The number of benzene rings is 2. The molecule has 2 unspecified atom stereocenters. The van der Waals surface area contributed by atoms with Crippen LogP contribution in [0.15, 0.2) is 89.3 Å². The van der Waals surface area contributed by atoms with E-state index >= 15 is 0 Å². The molecule has 2 aliphatic rings. The summed E-state index contributed by atoms with van der Waals surface area (Å²) in [5, 5.41) is 6.94. The van der Waals surface area contributed by atoms with Gasteiger partial charge in [-0.3, -0.25) is 9.59 Å². The minimum Gasteiger partial charge on any atom is -0.497 e. The van der Waals surface area contributed by atoms with E-state index in [2.05, 4.69) is 15.6 Å². The Morgan fingerprint density at radius 2 is 1.70 bits per heavy atom. The molecule has 2 N–H and O–H groups in total. The van der Waals surface area contributed by atoms with Crippen molar-refractivity contribution in [1.29, 1.82) is 0 Å². The Balaban J connectivity index is 1.53. The second kappa shape index (κ2) is 10.2. The number of nitrogens with zero attached hydrogens (tertiary/aromatic N) is 1. The predicted octanol–water partition coefficient (Wildman–Crippen LogP) is 6.05. The van der Waals surface area contributed by atoms with Gasteiger partial charge >= 0.3 is 0 Å². The smallest absolute Gasteiger partial charge is 0.255 e. The number of dihydropyridines is 1. The van der Waals surface area contributed by atoms with E-state index in [0.29, 0.717) is 40.5 Å². The van der Waals surface area contributed by atoms with Crippen molar-refractivity contribution < 1.29 is 14.3 Å². The molecule has 0 fully saturated rings. The van der Waals surface area contributed by atoms with Gasteiger partial charge in [-0.05, 0) is 73.7 Å². The first kappa shape index (κ1) is 24.8. The number of hydrogen-bond acceptors (Lipinski definition) is 5. The van der Waals surface area contributed by atoms with Gasteiger partial charge in [-0.15, -0.1) is 0 Å². The Hall–Kier alpha value is -3.90. The number of aryl methyl sites for hydroxylation is 1. The highest BCUT2D eigenvalue weighted by molar-refractivity contribution is 6.30. The number of hydrogen-bond donors (Lipinski definition) is 2. The van der Waals surface area contributed by atoms with Crippen LogP contribution in [0.5, 0.6) is 5.75 Å². The number of nitrogens with one attached hydrogen (secondary N) is 2. The molecule has 2 atom stereocenters. The number of Topliss-reactive ketones (excluding diaryl/α,β-unsaturated/α-hetero) is 1. The van der Waals surface area contributed by atoms with Crippen molar-refractivity contribution in [2.45, 2.75) is 38.5 Å². The van der Waals surface area contributed by atoms with E-state index in [0.717, 1.165) is 28.3 Å².